The molecule has 3 heterocycles. The van der Waals surface area contributed by atoms with Gasteiger partial charge in [0, 0.05) is 17.0 Å². The highest BCUT2D eigenvalue weighted by Gasteiger charge is 2.24. The first-order valence-corrected chi connectivity index (χ1v) is 10.3. The molecule has 0 spiro atoms. The highest BCUT2D eigenvalue weighted by molar-refractivity contribution is 7.09. The fourth-order valence-electron chi connectivity index (χ4n) is 3.88. The van der Waals surface area contributed by atoms with Gasteiger partial charge in [-0.25, -0.2) is 4.79 Å². The van der Waals surface area contributed by atoms with E-state index in [4.69, 9.17) is 4.42 Å². The van der Waals surface area contributed by atoms with E-state index in [0.717, 1.165) is 49.1 Å². The second-order valence-corrected chi connectivity index (χ2v) is 8.24. The number of fused-ring (bicyclic) bond motifs is 1. The van der Waals surface area contributed by atoms with Crippen molar-refractivity contribution in [2.45, 2.75) is 26.4 Å². The smallest absolute Gasteiger partial charge is 0.336 e. The molecule has 1 aliphatic rings. The summed E-state index contributed by atoms with van der Waals surface area (Å²) in [5, 5.41) is 3.24. The minimum Gasteiger partial charge on any atom is -0.423 e. The third-order valence-corrected chi connectivity index (χ3v) is 6.29. The summed E-state index contributed by atoms with van der Waals surface area (Å²) in [6.45, 7) is 8.83. The van der Waals surface area contributed by atoms with E-state index in [1.165, 1.54) is 23.5 Å². The van der Waals surface area contributed by atoms with Gasteiger partial charge in [-0.2, -0.15) is 0 Å². The molecule has 3 aromatic rings. The molecule has 4 rings (SSSR count). The maximum Gasteiger partial charge on any atom is 0.336 e. The second kappa shape index (κ2) is 7.74. The molecule has 0 unspecified atom stereocenters. The molecule has 0 aliphatic carbocycles. The number of quaternary nitrogens is 2. The summed E-state index contributed by atoms with van der Waals surface area (Å²) in [5.41, 5.74) is 2.82. The molecule has 5 heteroatoms. The number of hydrogen-bond acceptors (Lipinski definition) is 3. The van der Waals surface area contributed by atoms with Crippen LogP contribution in [0.4, 0.5) is 0 Å². The lowest BCUT2D eigenvalue weighted by Gasteiger charge is -2.29. The van der Waals surface area contributed by atoms with Crippen molar-refractivity contribution in [3.8, 4) is 0 Å². The van der Waals surface area contributed by atoms with Gasteiger partial charge in [0.05, 0.1) is 4.88 Å². The SMILES string of the molecule is CCc1ccc2c(C[NH+]3CC[NH+](Cc4cccs4)CC3)cc(=O)oc2c1. The second-order valence-electron chi connectivity index (χ2n) is 7.21. The average molecular weight is 371 g/mol. The summed E-state index contributed by atoms with van der Waals surface area (Å²) < 4.78 is 5.44. The topological polar surface area (TPSA) is 39.1 Å². The molecule has 26 heavy (non-hydrogen) atoms. The lowest BCUT2D eigenvalue weighted by Crippen LogP contribution is -3.27. The van der Waals surface area contributed by atoms with Crippen molar-refractivity contribution in [3.05, 3.63) is 68.2 Å². The number of hydrogen-bond donors (Lipinski definition) is 2. The Labute approximate surface area is 157 Å². The molecule has 0 radical (unpaired) electrons. The van der Waals surface area contributed by atoms with Gasteiger partial charge in [0.2, 0.25) is 0 Å². The van der Waals surface area contributed by atoms with Crippen molar-refractivity contribution in [1.82, 2.24) is 0 Å². The fraction of sp³-hybridized carbons (Fsp3) is 0.381. The zero-order valence-corrected chi connectivity index (χ0v) is 16.0. The van der Waals surface area contributed by atoms with Crippen LogP contribution in [0.1, 0.15) is 22.9 Å². The van der Waals surface area contributed by atoms with E-state index in [2.05, 4.69) is 36.6 Å². The average Bonchev–Trinajstić information content (AvgIpc) is 3.15. The Morgan fingerprint density at radius 3 is 2.50 bits per heavy atom. The fourth-order valence-corrected chi connectivity index (χ4v) is 4.66. The quantitative estimate of drug-likeness (QED) is 0.655. The lowest BCUT2D eigenvalue weighted by molar-refractivity contribution is -1.02. The van der Waals surface area contributed by atoms with E-state index in [1.807, 2.05) is 17.4 Å². The summed E-state index contributed by atoms with van der Waals surface area (Å²) in [6, 6.07) is 12.3. The minimum absolute atomic E-state index is 0.234. The Morgan fingerprint density at radius 2 is 1.81 bits per heavy atom. The Balaban J connectivity index is 1.45. The van der Waals surface area contributed by atoms with Crippen LogP contribution in [0.5, 0.6) is 0 Å². The molecule has 0 atom stereocenters. The van der Waals surface area contributed by atoms with Crippen LogP contribution < -0.4 is 15.4 Å². The van der Waals surface area contributed by atoms with E-state index in [0.29, 0.717) is 0 Å². The van der Waals surface area contributed by atoms with Crippen LogP contribution in [0.15, 0.2) is 51.0 Å². The molecule has 1 fully saturated rings. The molecule has 0 saturated carbocycles. The number of thiophene rings is 1. The maximum atomic E-state index is 12.0. The Hall–Kier alpha value is -1.95. The largest absolute Gasteiger partial charge is 0.423 e. The van der Waals surface area contributed by atoms with Gasteiger partial charge in [-0.3, -0.25) is 0 Å². The number of benzene rings is 1. The molecule has 0 bridgehead atoms. The van der Waals surface area contributed by atoms with Gasteiger partial charge in [-0.1, -0.05) is 25.1 Å². The van der Waals surface area contributed by atoms with Crippen LogP contribution in [0.3, 0.4) is 0 Å². The van der Waals surface area contributed by atoms with Crippen molar-refractivity contribution < 1.29 is 14.2 Å². The van der Waals surface area contributed by atoms with Crippen LogP contribution in [-0.2, 0) is 19.5 Å². The summed E-state index contributed by atoms with van der Waals surface area (Å²) in [5.74, 6) is 0. The van der Waals surface area contributed by atoms with Gasteiger partial charge >= 0.3 is 5.63 Å². The van der Waals surface area contributed by atoms with Crippen molar-refractivity contribution in [2.75, 3.05) is 26.2 Å². The summed E-state index contributed by atoms with van der Waals surface area (Å²) in [4.78, 5) is 16.7. The standard InChI is InChI=1S/C21H24N2O2S/c1-2-16-5-6-19-17(13-21(24)25-20(19)12-16)14-22-7-9-23(10-8-22)15-18-4-3-11-26-18/h3-6,11-13H,2,7-10,14-15H2,1H3/p+2. The lowest BCUT2D eigenvalue weighted by atomic mass is 10.1. The predicted octanol–water partition coefficient (Wildman–Crippen LogP) is 0.901. The molecule has 2 aromatic heterocycles. The number of aryl methyl sites for hydroxylation is 1. The minimum atomic E-state index is -0.234. The maximum absolute atomic E-state index is 12.0. The van der Waals surface area contributed by atoms with Gasteiger partial charge in [0.1, 0.15) is 44.9 Å². The Morgan fingerprint density at radius 1 is 1.04 bits per heavy atom. The monoisotopic (exact) mass is 370 g/mol. The third-order valence-electron chi connectivity index (χ3n) is 5.41. The zero-order valence-electron chi connectivity index (χ0n) is 15.2. The first-order valence-electron chi connectivity index (χ1n) is 9.46. The first kappa shape index (κ1) is 17.5. The van der Waals surface area contributed by atoms with Crippen molar-refractivity contribution in [1.29, 1.82) is 0 Å². The van der Waals surface area contributed by atoms with E-state index >= 15 is 0 Å². The Bertz CT molecular complexity index is 925. The predicted molar refractivity (Wildman–Crippen MR) is 105 cm³/mol. The molecular formula is C21H26N2O2S+2. The number of rotatable bonds is 5. The number of nitrogens with one attached hydrogen (secondary N) is 2. The normalized spacial score (nSPS) is 20.5. The molecule has 0 amide bonds. The molecule has 1 aliphatic heterocycles. The number of piperazine rings is 1. The molecular weight excluding hydrogens is 344 g/mol. The van der Waals surface area contributed by atoms with Gasteiger partial charge in [0.25, 0.3) is 0 Å². The van der Waals surface area contributed by atoms with Crippen LogP contribution in [0.25, 0.3) is 11.0 Å². The molecule has 136 valence electrons. The Kier molecular flexibility index (Phi) is 5.20. The van der Waals surface area contributed by atoms with Gasteiger partial charge in [0.15, 0.2) is 0 Å². The summed E-state index contributed by atoms with van der Waals surface area (Å²) in [7, 11) is 0. The van der Waals surface area contributed by atoms with Crippen LogP contribution in [0, 0.1) is 0 Å². The van der Waals surface area contributed by atoms with Crippen LogP contribution in [-0.4, -0.2) is 26.2 Å². The molecule has 1 saturated heterocycles. The van der Waals surface area contributed by atoms with Crippen molar-refractivity contribution in [3.63, 3.8) is 0 Å². The van der Waals surface area contributed by atoms with Crippen LogP contribution >= 0.6 is 11.3 Å². The van der Waals surface area contributed by atoms with Gasteiger partial charge in [-0.15, -0.1) is 11.3 Å². The highest BCUT2D eigenvalue weighted by Crippen LogP contribution is 2.18. The van der Waals surface area contributed by atoms with E-state index in [9.17, 15) is 4.79 Å². The summed E-state index contributed by atoms with van der Waals surface area (Å²) in [6.07, 6.45) is 0.949. The molecule has 2 N–H and O–H groups in total. The highest BCUT2D eigenvalue weighted by atomic mass is 32.1. The van der Waals surface area contributed by atoms with Gasteiger partial charge in [-0.05, 0) is 29.5 Å². The first-order chi connectivity index (χ1) is 12.7. The van der Waals surface area contributed by atoms with E-state index in [-0.39, 0.29) is 5.63 Å². The van der Waals surface area contributed by atoms with Gasteiger partial charge < -0.3 is 14.2 Å². The van der Waals surface area contributed by atoms with E-state index in [1.54, 1.807) is 15.9 Å². The van der Waals surface area contributed by atoms with Crippen LogP contribution in [0.2, 0.25) is 0 Å². The third kappa shape index (κ3) is 3.90. The van der Waals surface area contributed by atoms with Crippen molar-refractivity contribution >= 4 is 22.3 Å². The molecule has 4 nitrogen and oxygen atoms in total. The zero-order chi connectivity index (χ0) is 17.9. The van der Waals surface area contributed by atoms with E-state index < -0.39 is 0 Å². The molecule has 1 aromatic carbocycles. The van der Waals surface area contributed by atoms with Crippen molar-refractivity contribution in [2.24, 2.45) is 0 Å². The summed E-state index contributed by atoms with van der Waals surface area (Å²) >= 11 is 1.85.